The number of aromatic nitrogens is 2. The van der Waals surface area contributed by atoms with Gasteiger partial charge in [-0.05, 0) is 38.3 Å². The number of hydrogen-bond donors (Lipinski definition) is 1. The van der Waals surface area contributed by atoms with Crippen LogP contribution in [0.5, 0.6) is 0 Å². The van der Waals surface area contributed by atoms with E-state index in [-0.39, 0.29) is 11.8 Å². The Morgan fingerprint density at radius 2 is 1.79 bits per heavy atom. The lowest BCUT2D eigenvalue weighted by Crippen LogP contribution is -2.51. The molecule has 154 valence electrons. The van der Waals surface area contributed by atoms with Crippen molar-refractivity contribution in [2.45, 2.75) is 39.2 Å². The summed E-state index contributed by atoms with van der Waals surface area (Å²) in [6.07, 6.45) is 4.63. The maximum absolute atomic E-state index is 13.1. The zero-order valence-corrected chi connectivity index (χ0v) is 17.2. The van der Waals surface area contributed by atoms with E-state index in [0.29, 0.717) is 31.2 Å². The topological polar surface area (TPSA) is 70.5 Å². The fourth-order valence-corrected chi connectivity index (χ4v) is 3.78. The van der Waals surface area contributed by atoms with E-state index >= 15 is 0 Å². The first-order valence-electron chi connectivity index (χ1n) is 10.5. The third-order valence-corrected chi connectivity index (χ3v) is 5.68. The minimum absolute atomic E-state index is 0.0299. The van der Waals surface area contributed by atoms with Crippen molar-refractivity contribution in [2.75, 3.05) is 32.7 Å². The van der Waals surface area contributed by atoms with Crippen LogP contribution in [0.1, 0.15) is 41.4 Å². The number of aryl methyl sites for hydroxylation is 1. The van der Waals surface area contributed by atoms with Crippen molar-refractivity contribution in [2.24, 2.45) is 0 Å². The van der Waals surface area contributed by atoms with Crippen LogP contribution >= 0.6 is 0 Å². The van der Waals surface area contributed by atoms with Crippen LogP contribution in [0.4, 0.5) is 0 Å². The molecule has 0 spiro atoms. The summed E-state index contributed by atoms with van der Waals surface area (Å²) in [6, 6.07) is 8.55. The number of carbonyl (C=O) groups excluding carboxylic acids is 2. The van der Waals surface area contributed by atoms with Crippen LogP contribution in [0.15, 0.2) is 30.5 Å². The van der Waals surface area contributed by atoms with Gasteiger partial charge >= 0.3 is 0 Å². The fourth-order valence-electron chi connectivity index (χ4n) is 3.78. The Bertz CT molecular complexity index is 877. The Morgan fingerprint density at radius 3 is 2.41 bits per heavy atom. The van der Waals surface area contributed by atoms with E-state index in [4.69, 9.17) is 0 Å². The highest BCUT2D eigenvalue weighted by Crippen LogP contribution is 2.20. The van der Waals surface area contributed by atoms with Crippen LogP contribution in [0.25, 0.3) is 5.69 Å². The summed E-state index contributed by atoms with van der Waals surface area (Å²) in [6.45, 7) is 7.23. The van der Waals surface area contributed by atoms with Crippen LogP contribution in [0, 0.1) is 6.92 Å². The number of piperazine rings is 1. The molecule has 1 aromatic heterocycles. The Morgan fingerprint density at radius 1 is 1.10 bits per heavy atom. The van der Waals surface area contributed by atoms with Gasteiger partial charge in [-0.2, -0.15) is 5.10 Å². The van der Waals surface area contributed by atoms with Gasteiger partial charge in [0.2, 0.25) is 5.91 Å². The zero-order chi connectivity index (χ0) is 20.4. The molecule has 7 heteroatoms. The van der Waals surface area contributed by atoms with E-state index in [2.05, 4.69) is 41.3 Å². The molecular formula is C22H29N5O2. The molecule has 2 aliphatic rings. The van der Waals surface area contributed by atoms with Crippen molar-refractivity contribution in [3.8, 4) is 5.69 Å². The first-order chi connectivity index (χ1) is 14.0. The van der Waals surface area contributed by atoms with E-state index in [1.807, 2.05) is 21.7 Å². The van der Waals surface area contributed by atoms with Gasteiger partial charge in [0.05, 0.1) is 29.7 Å². The molecular weight excluding hydrogens is 366 g/mol. The van der Waals surface area contributed by atoms with E-state index in [1.54, 1.807) is 6.20 Å². The quantitative estimate of drug-likeness (QED) is 0.809. The highest BCUT2D eigenvalue weighted by Gasteiger charge is 2.28. The largest absolute Gasteiger partial charge is 0.352 e. The van der Waals surface area contributed by atoms with Crippen LogP contribution in [-0.4, -0.2) is 70.2 Å². The molecule has 7 nitrogen and oxygen atoms in total. The zero-order valence-electron chi connectivity index (χ0n) is 17.2. The lowest BCUT2D eigenvalue weighted by Gasteiger charge is -2.34. The average Bonchev–Trinajstić information content (AvgIpc) is 3.43. The van der Waals surface area contributed by atoms with Crippen molar-refractivity contribution in [3.05, 3.63) is 47.3 Å². The fraction of sp³-hybridized carbons (Fsp3) is 0.500. The number of carbonyl (C=O) groups is 2. The monoisotopic (exact) mass is 395 g/mol. The first-order valence-corrected chi connectivity index (χ1v) is 10.5. The molecule has 1 aromatic carbocycles. The normalized spacial score (nSPS) is 17.4. The summed E-state index contributed by atoms with van der Waals surface area (Å²) in [4.78, 5) is 29.1. The third kappa shape index (κ3) is 4.50. The van der Waals surface area contributed by atoms with Crippen LogP contribution in [-0.2, 0) is 11.2 Å². The van der Waals surface area contributed by atoms with Gasteiger partial charge in [-0.3, -0.25) is 14.5 Å². The number of nitrogens with one attached hydrogen (secondary N) is 1. The number of nitrogens with zero attached hydrogens (tertiary/aromatic N) is 4. The van der Waals surface area contributed by atoms with Gasteiger partial charge in [0, 0.05) is 32.2 Å². The SMILES string of the molecule is CCc1c(C(=O)N2CCN(CC(=O)NC3CC3)CC2)cnn1-c1ccc(C)cc1. The molecule has 2 heterocycles. The lowest BCUT2D eigenvalue weighted by atomic mass is 10.1. The van der Waals surface area contributed by atoms with E-state index in [9.17, 15) is 9.59 Å². The molecule has 29 heavy (non-hydrogen) atoms. The van der Waals surface area contributed by atoms with Crippen molar-refractivity contribution < 1.29 is 9.59 Å². The molecule has 0 bridgehead atoms. The Balaban J connectivity index is 1.39. The maximum atomic E-state index is 13.1. The van der Waals surface area contributed by atoms with E-state index in [1.165, 1.54) is 5.56 Å². The molecule has 1 saturated heterocycles. The van der Waals surface area contributed by atoms with Crippen molar-refractivity contribution in [3.63, 3.8) is 0 Å². The summed E-state index contributed by atoms with van der Waals surface area (Å²) in [5, 5.41) is 7.52. The molecule has 4 rings (SSSR count). The summed E-state index contributed by atoms with van der Waals surface area (Å²) in [5.41, 5.74) is 3.77. The van der Waals surface area contributed by atoms with E-state index < -0.39 is 0 Å². The maximum Gasteiger partial charge on any atom is 0.257 e. The minimum Gasteiger partial charge on any atom is -0.352 e. The van der Waals surface area contributed by atoms with Gasteiger partial charge < -0.3 is 10.2 Å². The van der Waals surface area contributed by atoms with Gasteiger partial charge in [0.15, 0.2) is 0 Å². The van der Waals surface area contributed by atoms with Gasteiger partial charge in [0.25, 0.3) is 5.91 Å². The number of hydrogen-bond acceptors (Lipinski definition) is 4. The lowest BCUT2D eigenvalue weighted by molar-refractivity contribution is -0.122. The Kier molecular flexibility index (Phi) is 5.67. The second kappa shape index (κ2) is 8.37. The summed E-state index contributed by atoms with van der Waals surface area (Å²) in [7, 11) is 0. The standard InChI is InChI=1S/C22H29N5O2/c1-3-20-19(14-23-27(20)18-8-4-16(2)5-9-18)22(29)26-12-10-25(11-13-26)15-21(28)24-17-6-7-17/h4-5,8-9,14,17H,3,6-7,10-13,15H2,1-2H3,(H,24,28). The molecule has 0 unspecified atom stereocenters. The second-order valence-electron chi connectivity index (χ2n) is 8.02. The second-order valence-corrected chi connectivity index (χ2v) is 8.02. The van der Waals surface area contributed by atoms with Gasteiger partial charge in [-0.15, -0.1) is 0 Å². The first kappa shape index (κ1) is 19.6. The minimum atomic E-state index is 0.0299. The number of amides is 2. The predicted molar refractivity (Wildman–Crippen MR) is 111 cm³/mol. The molecule has 1 aliphatic heterocycles. The average molecular weight is 396 g/mol. The molecule has 2 amide bonds. The summed E-state index contributed by atoms with van der Waals surface area (Å²) < 4.78 is 1.87. The molecule has 1 N–H and O–H groups in total. The van der Waals surface area contributed by atoms with Crippen LogP contribution < -0.4 is 5.32 Å². The Hall–Kier alpha value is -2.67. The van der Waals surface area contributed by atoms with Gasteiger partial charge in [-0.25, -0.2) is 4.68 Å². The van der Waals surface area contributed by atoms with Crippen molar-refractivity contribution in [1.29, 1.82) is 0 Å². The van der Waals surface area contributed by atoms with Gasteiger partial charge in [-0.1, -0.05) is 24.6 Å². The van der Waals surface area contributed by atoms with Gasteiger partial charge in [0.1, 0.15) is 0 Å². The number of benzene rings is 1. The molecule has 0 atom stereocenters. The molecule has 0 radical (unpaired) electrons. The van der Waals surface area contributed by atoms with Crippen molar-refractivity contribution >= 4 is 11.8 Å². The highest BCUT2D eigenvalue weighted by molar-refractivity contribution is 5.95. The summed E-state index contributed by atoms with van der Waals surface area (Å²) >= 11 is 0. The number of rotatable bonds is 6. The molecule has 2 fully saturated rings. The third-order valence-electron chi connectivity index (χ3n) is 5.68. The molecule has 1 aliphatic carbocycles. The summed E-state index contributed by atoms with van der Waals surface area (Å²) in [5.74, 6) is 0.127. The van der Waals surface area contributed by atoms with Crippen LogP contribution in [0.3, 0.4) is 0 Å². The molecule has 1 saturated carbocycles. The highest BCUT2D eigenvalue weighted by atomic mass is 16.2. The van der Waals surface area contributed by atoms with E-state index in [0.717, 1.165) is 43.7 Å². The predicted octanol–water partition coefficient (Wildman–Crippen LogP) is 1.78. The smallest absolute Gasteiger partial charge is 0.257 e. The van der Waals surface area contributed by atoms with Crippen molar-refractivity contribution in [1.82, 2.24) is 24.9 Å². The Labute approximate surface area is 171 Å². The molecule has 2 aromatic rings. The van der Waals surface area contributed by atoms with Crippen LogP contribution in [0.2, 0.25) is 0 Å².